The summed E-state index contributed by atoms with van der Waals surface area (Å²) in [6.45, 7) is 0. The van der Waals surface area contributed by atoms with Gasteiger partial charge in [-0.25, -0.2) is 13.4 Å². The quantitative estimate of drug-likeness (QED) is 0.702. The number of hydrogen-bond acceptors (Lipinski definition) is 4. The molecule has 5 nitrogen and oxygen atoms in total. The monoisotopic (exact) mass is 200 g/mol. The highest BCUT2D eigenvalue weighted by atomic mass is 32.2. The first-order chi connectivity index (χ1) is 5.91. The summed E-state index contributed by atoms with van der Waals surface area (Å²) in [7, 11) is -3.26. The van der Waals surface area contributed by atoms with E-state index >= 15 is 0 Å². The minimum atomic E-state index is -3.26. The number of carbonyl (C=O) groups is 1. The summed E-state index contributed by atoms with van der Waals surface area (Å²) < 4.78 is 21.9. The molecule has 0 saturated carbocycles. The van der Waals surface area contributed by atoms with E-state index in [0.717, 1.165) is 12.5 Å². The zero-order chi connectivity index (χ0) is 10.1. The molecule has 0 aliphatic carbocycles. The normalized spacial score (nSPS) is 11.2. The van der Waals surface area contributed by atoms with Gasteiger partial charge in [-0.15, -0.1) is 0 Å². The molecule has 13 heavy (non-hydrogen) atoms. The highest BCUT2D eigenvalue weighted by molar-refractivity contribution is 7.90. The Balaban J connectivity index is 3.16. The maximum Gasteiger partial charge on any atom is 0.267 e. The first-order valence-corrected chi connectivity index (χ1v) is 5.26. The van der Waals surface area contributed by atoms with Crippen molar-refractivity contribution in [2.75, 3.05) is 6.26 Å². The second-order valence-electron chi connectivity index (χ2n) is 2.52. The second kappa shape index (κ2) is 3.14. The van der Waals surface area contributed by atoms with Crippen LogP contribution >= 0.6 is 0 Å². The van der Waals surface area contributed by atoms with Gasteiger partial charge in [0.05, 0.1) is 4.90 Å². The van der Waals surface area contributed by atoms with E-state index in [2.05, 4.69) is 4.98 Å². The predicted octanol–water partition coefficient (Wildman–Crippen LogP) is -0.416. The molecular formula is C7H8N2O3S. The SMILES string of the molecule is CS(=O)(=O)c1ccc(C(N)=O)nc1. The molecule has 0 saturated heterocycles. The van der Waals surface area contributed by atoms with Crippen LogP contribution in [0.5, 0.6) is 0 Å². The van der Waals surface area contributed by atoms with Gasteiger partial charge in [-0.05, 0) is 12.1 Å². The fourth-order valence-electron chi connectivity index (χ4n) is 0.745. The third-order valence-corrected chi connectivity index (χ3v) is 2.51. The Bertz CT molecular complexity index is 422. The van der Waals surface area contributed by atoms with Crippen molar-refractivity contribution < 1.29 is 13.2 Å². The van der Waals surface area contributed by atoms with Crippen LogP contribution in [0.1, 0.15) is 10.5 Å². The summed E-state index contributed by atoms with van der Waals surface area (Å²) in [5.41, 5.74) is 4.97. The number of amides is 1. The van der Waals surface area contributed by atoms with Crippen molar-refractivity contribution in [3.05, 3.63) is 24.0 Å². The van der Waals surface area contributed by atoms with Crippen molar-refractivity contribution in [3.8, 4) is 0 Å². The van der Waals surface area contributed by atoms with Gasteiger partial charge in [0.15, 0.2) is 9.84 Å². The lowest BCUT2D eigenvalue weighted by molar-refractivity contribution is 0.0995. The number of sulfone groups is 1. The topological polar surface area (TPSA) is 90.1 Å². The minimum absolute atomic E-state index is 0.0485. The summed E-state index contributed by atoms with van der Waals surface area (Å²) in [6, 6.07) is 2.57. The van der Waals surface area contributed by atoms with Gasteiger partial charge in [0, 0.05) is 12.5 Å². The maximum absolute atomic E-state index is 11.0. The number of primary amides is 1. The predicted molar refractivity (Wildman–Crippen MR) is 45.9 cm³/mol. The summed E-state index contributed by atoms with van der Waals surface area (Å²) in [6.07, 6.45) is 2.17. The molecule has 6 heteroatoms. The van der Waals surface area contributed by atoms with Crippen LogP contribution in [0.25, 0.3) is 0 Å². The number of nitrogens with two attached hydrogens (primary N) is 1. The smallest absolute Gasteiger partial charge is 0.267 e. The van der Waals surface area contributed by atoms with E-state index in [-0.39, 0.29) is 10.6 Å². The molecule has 0 aliphatic rings. The fourth-order valence-corrected chi connectivity index (χ4v) is 1.30. The van der Waals surface area contributed by atoms with Crippen molar-refractivity contribution in [2.24, 2.45) is 5.73 Å². The molecule has 1 aromatic heterocycles. The molecule has 1 rings (SSSR count). The van der Waals surface area contributed by atoms with Gasteiger partial charge in [-0.2, -0.15) is 0 Å². The molecule has 0 fully saturated rings. The Labute approximate surface area is 75.5 Å². The Kier molecular flexibility index (Phi) is 2.33. The van der Waals surface area contributed by atoms with Crippen LogP contribution in [0.4, 0.5) is 0 Å². The first-order valence-electron chi connectivity index (χ1n) is 3.37. The van der Waals surface area contributed by atoms with Crippen molar-refractivity contribution in [1.82, 2.24) is 4.98 Å². The van der Waals surface area contributed by atoms with Gasteiger partial charge >= 0.3 is 0 Å². The average Bonchev–Trinajstić information content (AvgIpc) is 2.03. The molecule has 0 aliphatic heterocycles. The van der Waals surface area contributed by atoms with Gasteiger partial charge in [0.1, 0.15) is 5.69 Å². The van der Waals surface area contributed by atoms with Gasteiger partial charge in [0.25, 0.3) is 5.91 Å². The van der Waals surface area contributed by atoms with E-state index in [1.54, 1.807) is 0 Å². The van der Waals surface area contributed by atoms with Crippen LogP contribution in [0, 0.1) is 0 Å². The van der Waals surface area contributed by atoms with Crippen LogP contribution in [0.2, 0.25) is 0 Å². The fraction of sp³-hybridized carbons (Fsp3) is 0.143. The van der Waals surface area contributed by atoms with E-state index in [4.69, 9.17) is 5.73 Å². The third-order valence-electron chi connectivity index (χ3n) is 1.42. The van der Waals surface area contributed by atoms with Crippen molar-refractivity contribution in [1.29, 1.82) is 0 Å². The molecule has 1 amide bonds. The maximum atomic E-state index is 11.0. The van der Waals surface area contributed by atoms with Gasteiger partial charge in [0.2, 0.25) is 0 Å². The van der Waals surface area contributed by atoms with E-state index in [9.17, 15) is 13.2 Å². The number of aromatic nitrogens is 1. The first kappa shape index (κ1) is 9.66. The van der Waals surface area contributed by atoms with Gasteiger partial charge in [-0.3, -0.25) is 4.79 Å². The summed E-state index contributed by atoms with van der Waals surface area (Å²) >= 11 is 0. The largest absolute Gasteiger partial charge is 0.364 e. The van der Waals surface area contributed by atoms with E-state index < -0.39 is 15.7 Å². The minimum Gasteiger partial charge on any atom is -0.364 e. The second-order valence-corrected chi connectivity index (χ2v) is 4.53. The lowest BCUT2D eigenvalue weighted by Gasteiger charge is -1.97. The highest BCUT2D eigenvalue weighted by Crippen LogP contribution is 2.06. The van der Waals surface area contributed by atoms with Gasteiger partial charge in [-0.1, -0.05) is 0 Å². The molecule has 2 N–H and O–H groups in total. The summed E-state index contributed by atoms with van der Waals surface area (Å²) in [4.78, 5) is 14.2. The number of nitrogens with zero attached hydrogens (tertiary/aromatic N) is 1. The van der Waals surface area contributed by atoms with E-state index in [1.165, 1.54) is 12.1 Å². The average molecular weight is 200 g/mol. The molecule has 1 heterocycles. The van der Waals surface area contributed by atoms with Crippen LogP contribution < -0.4 is 5.73 Å². The van der Waals surface area contributed by atoms with Gasteiger partial charge < -0.3 is 5.73 Å². The van der Waals surface area contributed by atoms with E-state index in [0.29, 0.717) is 0 Å². The zero-order valence-electron chi connectivity index (χ0n) is 6.89. The molecule has 1 aromatic rings. The highest BCUT2D eigenvalue weighted by Gasteiger charge is 2.08. The molecular weight excluding hydrogens is 192 g/mol. The lowest BCUT2D eigenvalue weighted by atomic mass is 10.3. The van der Waals surface area contributed by atoms with Crippen molar-refractivity contribution in [3.63, 3.8) is 0 Å². The van der Waals surface area contributed by atoms with E-state index in [1.807, 2.05) is 0 Å². The molecule has 0 aromatic carbocycles. The standard InChI is InChI=1S/C7H8N2O3S/c1-13(11,12)5-2-3-6(7(8)10)9-4-5/h2-4H,1H3,(H2,8,10). The number of carbonyl (C=O) groups excluding carboxylic acids is 1. The van der Waals surface area contributed by atoms with Crippen LogP contribution in [0.3, 0.4) is 0 Å². The molecule has 0 bridgehead atoms. The summed E-state index contributed by atoms with van der Waals surface area (Å²) in [5, 5.41) is 0. The van der Waals surface area contributed by atoms with Crippen LogP contribution in [0.15, 0.2) is 23.2 Å². The third kappa shape index (κ3) is 2.25. The molecule has 0 unspecified atom stereocenters. The number of hydrogen-bond donors (Lipinski definition) is 1. The lowest BCUT2D eigenvalue weighted by Crippen LogP contribution is -2.13. The molecule has 70 valence electrons. The Morgan fingerprint density at radius 3 is 2.38 bits per heavy atom. The van der Waals surface area contributed by atoms with Crippen LogP contribution in [-0.2, 0) is 9.84 Å². The summed E-state index contributed by atoms with van der Waals surface area (Å²) in [5.74, 6) is -0.681. The molecule has 0 spiro atoms. The molecule has 0 atom stereocenters. The van der Waals surface area contributed by atoms with Crippen molar-refractivity contribution in [2.45, 2.75) is 4.90 Å². The zero-order valence-corrected chi connectivity index (χ0v) is 7.71. The Hall–Kier alpha value is -1.43. The molecule has 0 radical (unpaired) electrons. The number of rotatable bonds is 2. The Morgan fingerprint density at radius 1 is 1.46 bits per heavy atom. The van der Waals surface area contributed by atoms with Crippen LogP contribution in [-0.4, -0.2) is 25.6 Å². The number of pyridine rings is 1. The van der Waals surface area contributed by atoms with Crippen molar-refractivity contribution >= 4 is 15.7 Å². The Morgan fingerprint density at radius 2 is 2.08 bits per heavy atom.